The van der Waals surface area contributed by atoms with Crippen LogP contribution in [0.4, 0.5) is 20.3 Å². The third kappa shape index (κ3) is 4.55. The summed E-state index contributed by atoms with van der Waals surface area (Å²) in [6.45, 7) is 4.48. The van der Waals surface area contributed by atoms with Gasteiger partial charge in [-0.15, -0.1) is 5.10 Å². The number of hydrogen-bond donors (Lipinski definition) is 1. The summed E-state index contributed by atoms with van der Waals surface area (Å²) in [6, 6.07) is 10.4. The number of benzene rings is 1. The SMILES string of the molecule is COc1cc2c(cc1Nc1ccc(C)nn1)ncn2-c1ccc(C(F)F)c(-c2cn(CC3CC3)nc2C)n1. The van der Waals surface area contributed by atoms with Crippen molar-refractivity contribution < 1.29 is 13.5 Å². The molecule has 9 nitrogen and oxygen atoms in total. The maximum atomic E-state index is 14.0. The van der Waals surface area contributed by atoms with Gasteiger partial charge in [0.15, 0.2) is 5.82 Å². The maximum absolute atomic E-state index is 14.0. The molecule has 1 fully saturated rings. The first kappa shape index (κ1) is 24.0. The number of aromatic nitrogens is 7. The molecule has 1 aliphatic carbocycles. The van der Waals surface area contributed by atoms with E-state index in [1.54, 1.807) is 24.1 Å². The Bertz CT molecular complexity index is 1620. The Hall–Kier alpha value is -4.41. The highest BCUT2D eigenvalue weighted by molar-refractivity contribution is 5.86. The predicted octanol–water partition coefficient (Wildman–Crippen LogP) is 5.79. The summed E-state index contributed by atoms with van der Waals surface area (Å²) >= 11 is 0. The van der Waals surface area contributed by atoms with Crippen LogP contribution < -0.4 is 10.1 Å². The molecule has 1 saturated carbocycles. The van der Waals surface area contributed by atoms with E-state index in [1.807, 2.05) is 49.0 Å². The van der Waals surface area contributed by atoms with E-state index in [-0.39, 0.29) is 11.3 Å². The van der Waals surface area contributed by atoms with Crippen LogP contribution in [0.2, 0.25) is 0 Å². The van der Waals surface area contributed by atoms with E-state index in [4.69, 9.17) is 9.72 Å². The minimum atomic E-state index is -2.67. The molecule has 4 aromatic heterocycles. The second kappa shape index (κ2) is 9.47. The van der Waals surface area contributed by atoms with Gasteiger partial charge < -0.3 is 10.1 Å². The number of aryl methyl sites for hydroxylation is 2. The number of fused-ring (bicyclic) bond motifs is 1. The number of halogens is 2. The van der Waals surface area contributed by atoms with Crippen LogP contribution in [-0.4, -0.2) is 41.6 Å². The number of nitrogens with zero attached hydrogens (tertiary/aromatic N) is 7. The lowest BCUT2D eigenvalue weighted by molar-refractivity contribution is 0.151. The fourth-order valence-electron chi connectivity index (χ4n) is 4.48. The Morgan fingerprint density at radius 3 is 2.66 bits per heavy atom. The lowest BCUT2D eigenvalue weighted by Gasteiger charge is -2.13. The summed E-state index contributed by atoms with van der Waals surface area (Å²) < 4.78 is 37.3. The van der Waals surface area contributed by atoms with Crippen LogP contribution in [0.1, 0.15) is 36.2 Å². The van der Waals surface area contributed by atoms with E-state index in [2.05, 4.69) is 25.6 Å². The highest BCUT2D eigenvalue weighted by Gasteiger charge is 2.25. The highest BCUT2D eigenvalue weighted by atomic mass is 19.3. The average molecular weight is 517 g/mol. The largest absolute Gasteiger partial charge is 0.494 e. The van der Waals surface area contributed by atoms with Crippen LogP contribution in [0.5, 0.6) is 5.75 Å². The molecule has 1 N–H and O–H groups in total. The van der Waals surface area contributed by atoms with Crippen molar-refractivity contribution in [2.45, 2.75) is 39.7 Å². The van der Waals surface area contributed by atoms with Crippen LogP contribution in [-0.2, 0) is 6.54 Å². The molecule has 0 radical (unpaired) electrons. The number of rotatable bonds is 8. The van der Waals surface area contributed by atoms with Gasteiger partial charge in [0.1, 0.15) is 17.9 Å². The van der Waals surface area contributed by atoms with Crippen LogP contribution in [0, 0.1) is 19.8 Å². The number of pyridine rings is 1. The molecule has 194 valence electrons. The van der Waals surface area contributed by atoms with Crippen molar-refractivity contribution in [3.63, 3.8) is 0 Å². The lowest BCUT2D eigenvalue weighted by atomic mass is 10.1. The number of hydrogen-bond acceptors (Lipinski definition) is 7. The predicted molar refractivity (Wildman–Crippen MR) is 139 cm³/mol. The minimum Gasteiger partial charge on any atom is -0.494 e. The van der Waals surface area contributed by atoms with E-state index in [1.165, 1.54) is 18.9 Å². The smallest absolute Gasteiger partial charge is 0.265 e. The zero-order valence-corrected chi connectivity index (χ0v) is 21.2. The molecule has 0 bridgehead atoms. The fraction of sp³-hybridized carbons (Fsp3) is 0.296. The van der Waals surface area contributed by atoms with Crippen molar-refractivity contribution in [2.24, 2.45) is 5.92 Å². The number of imidazole rings is 1. The van der Waals surface area contributed by atoms with Crippen molar-refractivity contribution in [3.8, 4) is 22.8 Å². The standard InChI is InChI=1S/C27H26F2N8O/c1-15-4-8-24(34-33-15)31-21-10-20-22(11-23(21)38-3)37(14-30-20)25-9-7-18(27(28)29)26(32-25)19-13-36(35-16(19)2)12-17-5-6-17/h4,7-11,13-14,17,27H,5-6,12H2,1-3H3,(H,31,34). The van der Waals surface area contributed by atoms with E-state index in [0.29, 0.717) is 51.3 Å². The molecule has 1 aliphatic rings. The monoisotopic (exact) mass is 516 g/mol. The Morgan fingerprint density at radius 2 is 1.95 bits per heavy atom. The quantitative estimate of drug-likeness (QED) is 0.279. The molecule has 0 spiro atoms. The molecule has 0 aliphatic heterocycles. The topological polar surface area (TPSA) is 95.6 Å². The molecular formula is C27H26F2N8O. The Labute approximate surface area is 217 Å². The number of anilines is 2. The van der Waals surface area contributed by atoms with Crippen molar-refractivity contribution >= 4 is 22.5 Å². The molecular weight excluding hydrogens is 490 g/mol. The highest BCUT2D eigenvalue weighted by Crippen LogP contribution is 2.36. The van der Waals surface area contributed by atoms with Gasteiger partial charge in [0, 0.05) is 29.9 Å². The normalized spacial score (nSPS) is 13.4. The fourth-order valence-corrected chi connectivity index (χ4v) is 4.48. The summed E-state index contributed by atoms with van der Waals surface area (Å²) in [5, 5.41) is 16.0. The summed E-state index contributed by atoms with van der Waals surface area (Å²) in [5.41, 5.74) is 4.24. The first-order chi connectivity index (χ1) is 18.4. The second-order valence-corrected chi connectivity index (χ2v) is 9.54. The molecule has 6 rings (SSSR count). The summed E-state index contributed by atoms with van der Waals surface area (Å²) in [6.07, 6.45) is 3.13. The lowest BCUT2D eigenvalue weighted by Crippen LogP contribution is -2.02. The first-order valence-electron chi connectivity index (χ1n) is 12.4. The minimum absolute atomic E-state index is 0.129. The molecule has 0 atom stereocenters. The van der Waals surface area contributed by atoms with Crippen molar-refractivity contribution in [3.05, 3.63) is 65.9 Å². The van der Waals surface area contributed by atoms with Crippen LogP contribution in [0.15, 0.2) is 48.9 Å². The summed E-state index contributed by atoms with van der Waals surface area (Å²) in [5.74, 6) is 2.21. The molecule has 5 aromatic rings. The molecule has 0 amide bonds. The Balaban J connectivity index is 1.40. The molecule has 0 saturated heterocycles. The van der Waals surface area contributed by atoms with Gasteiger partial charge in [-0.1, -0.05) is 0 Å². The van der Waals surface area contributed by atoms with Gasteiger partial charge in [-0.25, -0.2) is 18.7 Å². The van der Waals surface area contributed by atoms with E-state index >= 15 is 0 Å². The van der Waals surface area contributed by atoms with Crippen molar-refractivity contribution in [1.29, 1.82) is 0 Å². The molecule has 1 aromatic carbocycles. The number of alkyl halides is 2. The third-order valence-electron chi connectivity index (χ3n) is 6.67. The second-order valence-electron chi connectivity index (χ2n) is 9.54. The third-order valence-corrected chi connectivity index (χ3v) is 6.67. The van der Waals surface area contributed by atoms with E-state index in [0.717, 1.165) is 12.2 Å². The molecule has 38 heavy (non-hydrogen) atoms. The molecule has 0 unspecified atom stereocenters. The van der Waals surface area contributed by atoms with Crippen LogP contribution >= 0.6 is 0 Å². The van der Waals surface area contributed by atoms with Gasteiger partial charge in [0.25, 0.3) is 6.43 Å². The summed E-state index contributed by atoms with van der Waals surface area (Å²) in [4.78, 5) is 9.23. The number of nitrogens with one attached hydrogen (secondary N) is 1. The average Bonchev–Trinajstić information content (AvgIpc) is 3.51. The number of ether oxygens (including phenoxy) is 1. The first-order valence-corrected chi connectivity index (χ1v) is 12.4. The van der Waals surface area contributed by atoms with Crippen molar-refractivity contribution in [2.75, 3.05) is 12.4 Å². The van der Waals surface area contributed by atoms with Crippen molar-refractivity contribution in [1.82, 2.24) is 34.5 Å². The van der Waals surface area contributed by atoms with Gasteiger partial charge in [0.2, 0.25) is 0 Å². The van der Waals surface area contributed by atoms with Crippen LogP contribution in [0.3, 0.4) is 0 Å². The molecule has 4 heterocycles. The van der Waals surface area contributed by atoms with E-state index < -0.39 is 6.43 Å². The Kier molecular flexibility index (Phi) is 5.97. The summed E-state index contributed by atoms with van der Waals surface area (Å²) in [7, 11) is 1.57. The van der Waals surface area contributed by atoms with Gasteiger partial charge in [0.05, 0.1) is 40.9 Å². The Morgan fingerprint density at radius 1 is 1.11 bits per heavy atom. The molecule has 11 heteroatoms. The maximum Gasteiger partial charge on any atom is 0.265 e. The van der Waals surface area contributed by atoms with Gasteiger partial charge >= 0.3 is 0 Å². The van der Waals surface area contributed by atoms with E-state index in [9.17, 15) is 8.78 Å². The zero-order chi connectivity index (χ0) is 26.4. The zero-order valence-electron chi connectivity index (χ0n) is 21.2. The van der Waals surface area contributed by atoms with Gasteiger partial charge in [-0.3, -0.25) is 9.25 Å². The van der Waals surface area contributed by atoms with Crippen LogP contribution in [0.25, 0.3) is 28.1 Å². The van der Waals surface area contributed by atoms with Gasteiger partial charge in [-0.05, 0) is 62.9 Å². The van der Waals surface area contributed by atoms with Gasteiger partial charge in [-0.2, -0.15) is 10.2 Å². The number of methoxy groups -OCH3 is 1.